The average Bonchev–Trinajstić information content (AvgIpc) is 2.12. The number of hydrogen-bond acceptors (Lipinski definition) is 5. The Hall–Kier alpha value is -1.85. The van der Waals surface area contributed by atoms with Crippen molar-refractivity contribution in [2.24, 2.45) is 4.99 Å². The van der Waals surface area contributed by atoms with Gasteiger partial charge in [-0.05, 0) is 6.92 Å². The summed E-state index contributed by atoms with van der Waals surface area (Å²) in [6, 6.07) is 0.121. The number of hydrogen-bond donors (Lipinski definition) is 2. The Kier molecular flexibility index (Phi) is 1.77. The fourth-order valence-corrected chi connectivity index (χ4v) is 1.31. The first-order chi connectivity index (χ1) is 6.59. The third kappa shape index (κ3) is 1.15. The highest BCUT2D eigenvalue weighted by Gasteiger charge is 2.20. The lowest BCUT2D eigenvalue weighted by molar-refractivity contribution is 0.835. The van der Waals surface area contributed by atoms with Crippen LogP contribution >= 0.6 is 0 Å². The molecule has 74 valence electrons. The van der Waals surface area contributed by atoms with Crippen LogP contribution in [0.5, 0.6) is 0 Å². The summed E-state index contributed by atoms with van der Waals surface area (Å²) in [5.41, 5.74) is 5.46. The number of aliphatic imine (C=N–C) groups is 1. The van der Waals surface area contributed by atoms with E-state index in [1.165, 1.54) is 0 Å². The molecule has 2 rings (SSSR count). The summed E-state index contributed by atoms with van der Waals surface area (Å²) in [6.45, 7) is 1.96. The minimum absolute atomic E-state index is 0.116. The number of nitrogens with one attached hydrogen (secondary N) is 1. The topological polar surface area (TPSA) is 87.4 Å². The van der Waals surface area contributed by atoms with E-state index >= 15 is 0 Å². The van der Waals surface area contributed by atoms with Crippen LogP contribution < -0.4 is 16.2 Å². The molecule has 0 spiro atoms. The maximum absolute atomic E-state index is 11.4. The molecule has 0 aromatic carbocycles. The number of nitrogen functional groups attached to an aromatic ring is 1. The van der Waals surface area contributed by atoms with Gasteiger partial charge in [0.1, 0.15) is 0 Å². The molecule has 1 aromatic rings. The molecule has 3 N–H and O–H groups in total. The van der Waals surface area contributed by atoms with Gasteiger partial charge < -0.3 is 10.6 Å². The number of H-pyrrole nitrogens is 1. The molecule has 0 aliphatic carbocycles. The number of nitrogens with zero attached hydrogens (tertiary/aromatic N) is 3. The normalized spacial score (nSPS) is 19.6. The summed E-state index contributed by atoms with van der Waals surface area (Å²) in [5.74, 6) is 0.645. The summed E-state index contributed by atoms with van der Waals surface area (Å²) < 4.78 is 0. The standard InChI is InChI=1S/C8H11N5O/c1-4-3-10-5-6(13(4)2)11-8(9)12-7(5)14/h3-4H,1-2H3,(H3,9,11,12,14). The molecule has 0 saturated heterocycles. The second-order valence-corrected chi connectivity index (χ2v) is 3.25. The molecule has 1 atom stereocenters. The van der Waals surface area contributed by atoms with Crippen molar-refractivity contribution in [1.29, 1.82) is 0 Å². The SMILES string of the molecule is CC1C=Nc2c(nc(N)[nH]c2=O)N1C. The van der Waals surface area contributed by atoms with E-state index in [1.54, 1.807) is 6.21 Å². The Morgan fingerprint density at radius 3 is 3.07 bits per heavy atom. The number of aromatic nitrogens is 2. The van der Waals surface area contributed by atoms with Gasteiger partial charge in [-0.25, -0.2) is 4.99 Å². The lowest BCUT2D eigenvalue weighted by Gasteiger charge is -2.26. The van der Waals surface area contributed by atoms with Gasteiger partial charge in [-0.15, -0.1) is 0 Å². The fraction of sp³-hybridized carbons (Fsp3) is 0.375. The van der Waals surface area contributed by atoms with Gasteiger partial charge in [0.05, 0.1) is 6.04 Å². The molecule has 0 saturated carbocycles. The van der Waals surface area contributed by atoms with Gasteiger partial charge >= 0.3 is 0 Å². The van der Waals surface area contributed by atoms with Crippen LogP contribution in [0.2, 0.25) is 0 Å². The first-order valence-corrected chi connectivity index (χ1v) is 4.26. The van der Waals surface area contributed by atoms with Crippen LogP contribution in [0.3, 0.4) is 0 Å². The second kappa shape index (κ2) is 2.83. The first kappa shape index (κ1) is 8.74. The molecule has 6 heteroatoms. The van der Waals surface area contributed by atoms with E-state index in [-0.39, 0.29) is 17.5 Å². The van der Waals surface area contributed by atoms with Crippen molar-refractivity contribution in [1.82, 2.24) is 9.97 Å². The summed E-state index contributed by atoms with van der Waals surface area (Å²) in [4.78, 5) is 23.8. The van der Waals surface area contributed by atoms with Crippen LogP contribution in [0.25, 0.3) is 0 Å². The number of fused-ring (bicyclic) bond motifs is 1. The van der Waals surface area contributed by atoms with Crippen molar-refractivity contribution < 1.29 is 0 Å². The Bertz CT molecular complexity index is 450. The number of aromatic amines is 1. The van der Waals surface area contributed by atoms with Crippen LogP contribution in [0.4, 0.5) is 17.5 Å². The summed E-state index contributed by atoms with van der Waals surface area (Å²) in [7, 11) is 1.85. The molecule has 1 aliphatic heterocycles. The van der Waals surface area contributed by atoms with Gasteiger partial charge in [0.25, 0.3) is 5.56 Å². The third-order valence-corrected chi connectivity index (χ3v) is 2.26. The number of anilines is 2. The second-order valence-electron chi connectivity index (χ2n) is 3.25. The van der Waals surface area contributed by atoms with Crippen molar-refractivity contribution >= 4 is 23.7 Å². The van der Waals surface area contributed by atoms with Crippen molar-refractivity contribution in [3.8, 4) is 0 Å². The van der Waals surface area contributed by atoms with E-state index in [0.29, 0.717) is 11.5 Å². The zero-order valence-electron chi connectivity index (χ0n) is 7.98. The third-order valence-electron chi connectivity index (χ3n) is 2.26. The minimum Gasteiger partial charge on any atom is -0.369 e. The maximum Gasteiger partial charge on any atom is 0.280 e. The highest BCUT2D eigenvalue weighted by atomic mass is 16.1. The minimum atomic E-state index is -0.303. The molecule has 0 radical (unpaired) electrons. The highest BCUT2D eigenvalue weighted by molar-refractivity contribution is 5.81. The highest BCUT2D eigenvalue weighted by Crippen LogP contribution is 2.25. The van der Waals surface area contributed by atoms with E-state index in [9.17, 15) is 4.79 Å². The molecule has 2 heterocycles. The Morgan fingerprint density at radius 1 is 1.64 bits per heavy atom. The molecule has 6 nitrogen and oxygen atoms in total. The fourth-order valence-electron chi connectivity index (χ4n) is 1.31. The molecular weight excluding hydrogens is 182 g/mol. The Morgan fingerprint density at radius 2 is 2.36 bits per heavy atom. The number of nitrogens with two attached hydrogens (primary N) is 1. The van der Waals surface area contributed by atoms with Gasteiger partial charge in [-0.2, -0.15) is 4.98 Å². The van der Waals surface area contributed by atoms with Gasteiger partial charge in [-0.1, -0.05) is 0 Å². The molecule has 1 aliphatic rings. The van der Waals surface area contributed by atoms with Crippen molar-refractivity contribution in [2.75, 3.05) is 17.7 Å². The Balaban J connectivity index is 2.68. The van der Waals surface area contributed by atoms with E-state index in [4.69, 9.17) is 5.73 Å². The largest absolute Gasteiger partial charge is 0.369 e. The van der Waals surface area contributed by atoms with Crippen LogP contribution in [-0.2, 0) is 0 Å². The molecule has 0 fully saturated rings. The summed E-state index contributed by atoms with van der Waals surface area (Å²) >= 11 is 0. The molecule has 1 unspecified atom stereocenters. The number of rotatable bonds is 0. The molecule has 0 bridgehead atoms. The van der Waals surface area contributed by atoms with Crippen molar-refractivity contribution in [2.45, 2.75) is 13.0 Å². The molecule has 1 aromatic heterocycles. The molecule has 14 heavy (non-hydrogen) atoms. The zero-order valence-corrected chi connectivity index (χ0v) is 7.98. The van der Waals surface area contributed by atoms with Crippen molar-refractivity contribution in [3.63, 3.8) is 0 Å². The maximum atomic E-state index is 11.4. The summed E-state index contributed by atoms with van der Waals surface area (Å²) in [5, 5.41) is 0. The molecule has 0 amide bonds. The van der Waals surface area contributed by atoms with Gasteiger partial charge in [0.2, 0.25) is 5.95 Å². The van der Waals surface area contributed by atoms with Crippen LogP contribution in [0.15, 0.2) is 9.79 Å². The summed E-state index contributed by atoms with van der Waals surface area (Å²) in [6.07, 6.45) is 1.70. The molecular formula is C8H11N5O. The van der Waals surface area contributed by atoms with Gasteiger partial charge in [0.15, 0.2) is 11.5 Å². The average molecular weight is 193 g/mol. The Labute approximate surface area is 80.5 Å². The predicted molar refractivity (Wildman–Crippen MR) is 55.3 cm³/mol. The van der Waals surface area contributed by atoms with Crippen LogP contribution in [0, 0.1) is 0 Å². The predicted octanol–water partition coefficient (Wildman–Crippen LogP) is -0.107. The lowest BCUT2D eigenvalue weighted by Crippen LogP contribution is -2.35. The van der Waals surface area contributed by atoms with E-state index < -0.39 is 0 Å². The van der Waals surface area contributed by atoms with Crippen LogP contribution in [-0.4, -0.2) is 29.3 Å². The first-order valence-electron chi connectivity index (χ1n) is 4.26. The van der Waals surface area contributed by atoms with Gasteiger partial charge in [-0.3, -0.25) is 9.78 Å². The lowest BCUT2D eigenvalue weighted by atomic mass is 10.2. The quantitative estimate of drug-likeness (QED) is 0.602. The van der Waals surface area contributed by atoms with Crippen molar-refractivity contribution in [3.05, 3.63) is 10.4 Å². The monoisotopic (exact) mass is 193 g/mol. The van der Waals surface area contributed by atoms with Gasteiger partial charge in [0, 0.05) is 13.3 Å². The van der Waals surface area contributed by atoms with Crippen LogP contribution in [0.1, 0.15) is 6.92 Å². The zero-order chi connectivity index (χ0) is 10.3. The van der Waals surface area contributed by atoms with E-state index in [0.717, 1.165) is 0 Å². The van der Waals surface area contributed by atoms with E-state index in [2.05, 4.69) is 15.0 Å². The van der Waals surface area contributed by atoms with E-state index in [1.807, 2.05) is 18.9 Å². The smallest absolute Gasteiger partial charge is 0.280 e.